The van der Waals surface area contributed by atoms with Crippen molar-refractivity contribution < 1.29 is 0 Å². The molecule has 1 aliphatic rings. The fourth-order valence-electron chi connectivity index (χ4n) is 12.9. The van der Waals surface area contributed by atoms with Gasteiger partial charge >= 0.3 is 0 Å². The Kier molecular flexibility index (Phi) is 11.9. The zero-order chi connectivity index (χ0) is 54.7. The Balaban J connectivity index is 1.02. The number of rotatable bonds is 10. The van der Waals surface area contributed by atoms with Gasteiger partial charge in [0.05, 0.1) is 39.8 Å². The molecule has 0 saturated carbocycles. The van der Waals surface area contributed by atoms with E-state index in [2.05, 4.69) is 331 Å². The summed E-state index contributed by atoms with van der Waals surface area (Å²) in [7, 11) is 0. The maximum atomic E-state index is 3.91. The summed E-state index contributed by atoms with van der Waals surface area (Å²) in [5.41, 5.74) is 19.0. The molecule has 4 heteroatoms. The van der Waals surface area contributed by atoms with Crippen LogP contribution in [0.5, 0.6) is 0 Å². The first kappa shape index (κ1) is 48.4. The first-order valence-corrected chi connectivity index (χ1v) is 28.3. The van der Waals surface area contributed by atoms with E-state index in [1.165, 1.54) is 81.9 Å². The van der Waals surface area contributed by atoms with Crippen molar-refractivity contribution in [2.45, 2.75) is 13.8 Å². The van der Waals surface area contributed by atoms with E-state index >= 15 is 0 Å². The Morgan fingerprint density at radius 3 is 1.46 bits per heavy atom. The summed E-state index contributed by atoms with van der Waals surface area (Å²) in [5.74, 6) is 0. The van der Waals surface area contributed by atoms with E-state index in [1.54, 1.807) is 0 Å². The van der Waals surface area contributed by atoms with Crippen molar-refractivity contribution in [3.8, 4) is 22.3 Å². The second kappa shape index (κ2) is 20.2. The number of nitrogens with one attached hydrogen (secondary N) is 1. The Bertz CT molecular complexity index is 4780. The number of nitrogens with zero attached hydrogens (tertiary/aromatic N) is 3. The molecule has 14 aromatic carbocycles. The van der Waals surface area contributed by atoms with Crippen LogP contribution in [0.3, 0.4) is 0 Å². The van der Waals surface area contributed by atoms with Crippen LogP contribution in [0.2, 0.25) is 0 Å². The van der Waals surface area contributed by atoms with Crippen molar-refractivity contribution in [3.63, 3.8) is 0 Å². The highest BCUT2D eigenvalue weighted by molar-refractivity contribution is 6.26. The summed E-state index contributed by atoms with van der Waals surface area (Å²) in [6.07, 6.45) is 4.28. The second-order valence-corrected chi connectivity index (χ2v) is 21.2. The van der Waals surface area contributed by atoms with Crippen LogP contribution < -0.4 is 20.0 Å². The summed E-state index contributed by atoms with van der Waals surface area (Å²) in [6, 6.07) is 105. The highest BCUT2D eigenvalue weighted by atomic mass is 15.3. The highest BCUT2D eigenvalue weighted by Crippen LogP contribution is 2.57. The third kappa shape index (κ3) is 8.06. The number of anilines is 11. The van der Waals surface area contributed by atoms with Gasteiger partial charge in [-0.2, -0.15) is 0 Å². The Labute approximate surface area is 478 Å². The van der Waals surface area contributed by atoms with Crippen LogP contribution in [0.15, 0.2) is 291 Å². The molecule has 388 valence electrons. The van der Waals surface area contributed by atoms with Gasteiger partial charge < -0.3 is 20.0 Å². The number of benzene rings is 14. The van der Waals surface area contributed by atoms with Gasteiger partial charge in [-0.05, 0) is 181 Å². The predicted molar refractivity (Wildman–Crippen MR) is 352 cm³/mol. The lowest BCUT2D eigenvalue weighted by Crippen LogP contribution is -2.24. The molecule has 15 rings (SSSR count). The topological polar surface area (TPSA) is 21.8 Å². The van der Waals surface area contributed by atoms with Gasteiger partial charge in [-0.1, -0.05) is 212 Å². The van der Waals surface area contributed by atoms with Crippen LogP contribution in [0, 0.1) is 6.92 Å². The van der Waals surface area contributed by atoms with Gasteiger partial charge in [0.15, 0.2) is 0 Å². The normalized spacial score (nSPS) is 12.2. The Hall–Kier alpha value is -10.7. The van der Waals surface area contributed by atoms with Crippen LogP contribution >= 0.6 is 0 Å². The van der Waals surface area contributed by atoms with Crippen LogP contribution in [-0.2, 0) is 0 Å². The molecule has 0 saturated heterocycles. The van der Waals surface area contributed by atoms with E-state index in [0.717, 1.165) is 67.9 Å². The van der Waals surface area contributed by atoms with Crippen LogP contribution in [0.4, 0.5) is 62.6 Å². The standard InChI is InChI=1S/C78H56N4/c1-3-23-53-27-21-39-69(52(53)2)79-70-38-13-14-40-72(70)80(57-31-5-4-6-32-57)58-46-48-65-67(50-58)77(63-36-19-28-54-24-7-10-33-60(54)63)66-49-47-59(51-68(66)78(65)64-37-20-29-55-25-8-11-34-61(55)64)81-73-41-15-17-43-75(73)82(76-44-18-16-42-74(76)81)71-45-22-30-56-26-9-12-35-62(56)71/h3-51,79H,1-2H3/b23-3-. The largest absolute Gasteiger partial charge is 0.354 e. The number of hydrogen-bond acceptors (Lipinski definition) is 4. The summed E-state index contributed by atoms with van der Waals surface area (Å²) >= 11 is 0. The maximum absolute atomic E-state index is 3.91. The van der Waals surface area contributed by atoms with E-state index in [-0.39, 0.29) is 0 Å². The smallest absolute Gasteiger partial charge is 0.0703 e. The van der Waals surface area contributed by atoms with E-state index < -0.39 is 0 Å². The minimum Gasteiger partial charge on any atom is -0.354 e. The summed E-state index contributed by atoms with van der Waals surface area (Å²) in [5, 5.41) is 15.8. The maximum Gasteiger partial charge on any atom is 0.0703 e. The molecule has 4 nitrogen and oxygen atoms in total. The SMILES string of the molecule is C/C=C\c1cccc(Nc2ccccc2N(c2ccccc2)c2ccc3c(-c4cccc5ccccc45)c4cc(N5c6ccccc6N(c6cccc7ccccc67)c6ccccc65)ccc4c(-c4cccc5ccccc45)c3c2)c1C. The molecule has 0 amide bonds. The molecule has 0 aliphatic carbocycles. The van der Waals surface area contributed by atoms with Crippen molar-refractivity contribution in [1.29, 1.82) is 0 Å². The molecule has 0 aromatic heterocycles. The molecule has 14 aromatic rings. The molecule has 1 N–H and O–H groups in total. The minimum atomic E-state index is 1.00. The van der Waals surface area contributed by atoms with Crippen LogP contribution in [0.25, 0.3) is 82.2 Å². The van der Waals surface area contributed by atoms with E-state index in [9.17, 15) is 0 Å². The van der Waals surface area contributed by atoms with Gasteiger partial charge in [0, 0.05) is 28.1 Å². The van der Waals surface area contributed by atoms with E-state index in [0.29, 0.717) is 0 Å². The lowest BCUT2D eigenvalue weighted by Gasteiger charge is -2.40. The molecule has 0 atom stereocenters. The summed E-state index contributed by atoms with van der Waals surface area (Å²) in [6.45, 7) is 4.26. The van der Waals surface area contributed by atoms with Gasteiger partial charge in [0.1, 0.15) is 0 Å². The van der Waals surface area contributed by atoms with Crippen molar-refractivity contribution in [3.05, 3.63) is 302 Å². The van der Waals surface area contributed by atoms with Crippen molar-refractivity contribution in [2.24, 2.45) is 0 Å². The minimum absolute atomic E-state index is 1.00. The van der Waals surface area contributed by atoms with Crippen molar-refractivity contribution in [1.82, 2.24) is 0 Å². The fraction of sp³-hybridized carbons (Fsp3) is 0.0256. The number of fused-ring (bicyclic) bond motifs is 7. The molecule has 0 spiro atoms. The average Bonchev–Trinajstić information content (AvgIpc) is 3.67. The fourth-order valence-corrected chi connectivity index (χ4v) is 12.9. The van der Waals surface area contributed by atoms with Gasteiger partial charge in [-0.15, -0.1) is 0 Å². The molecule has 0 unspecified atom stereocenters. The summed E-state index contributed by atoms with van der Waals surface area (Å²) < 4.78 is 0. The van der Waals surface area contributed by atoms with Gasteiger partial charge in [-0.25, -0.2) is 0 Å². The van der Waals surface area contributed by atoms with Gasteiger partial charge in [0.2, 0.25) is 0 Å². The number of allylic oxidation sites excluding steroid dienone is 1. The Morgan fingerprint density at radius 2 is 0.817 bits per heavy atom. The molecular formula is C78H56N4. The van der Waals surface area contributed by atoms with Crippen LogP contribution in [0.1, 0.15) is 18.1 Å². The van der Waals surface area contributed by atoms with E-state index in [4.69, 9.17) is 0 Å². The van der Waals surface area contributed by atoms with Crippen LogP contribution in [-0.4, -0.2) is 0 Å². The number of para-hydroxylation sites is 7. The molecule has 1 aliphatic heterocycles. The zero-order valence-electron chi connectivity index (χ0n) is 45.6. The first-order valence-electron chi connectivity index (χ1n) is 28.3. The third-order valence-electron chi connectivity index (χ3n) is 16.6. The molecule has 0 bridgehead atoms. The molecular weight excluding hydrogens is 993 g/mol. The first-order chi connectivity index (χ1) is 40.6. The van der Waals surface area contributed by atoms with Gasteiger partial charge in [-0.3, -0.25) is 0 Å². The molecule has 82 heavy (non-hydrogen) atoms. The average molecular weight is 1050 g/mol. The third-order valence-corrected chi connectivity index (χ3v) is 16.6. The number of hydrogen-bond donors (Lipinski definition) is 1. The lowest BCUT2D eigenvalue weighted by molar-refractivity contribution is 1.18. The van der Waals surface area contributed by atoms with Crippen molar-refractivity contribution >= 4 is 122 Å². The highest BCUT2D eigenvalue weighted by Gasteiger charge is 2.32. The molecule has 0 radical (unpaired) electrons. The lowest BCUT2D eigenvalue weighted by atomic mass is 9.83. The van der Waals surface area contributed by atoms with E-state index in [1.807, 2.05) is 0 Å². The quantitative estimate of drug-likeness (QED) is 0.138. The monoisotopic (exact) mass is 1050 g/mol. The predicted octanol–water partition coefficient (Wildman–Crippen LogP) is 22.6. The Morgan fingerprint density at radius 1 is 0.341 bits per heavy atom. The molecule has 1 heterocycles. The zero-order valence-corrected chi connectivity index (χ0v) is 45.6. The summed E-state index contributed by atoms with van der Waals surface area (Å²) in [4.78, 5) is 7.34. The second-order valence-electron chi connectivity index (χ2n) is 21.2. The van der Waals surface area contributed by atoms with Gasteiger partial charge in [0.25, 0.3) is 0 Å². The molecule has 0 fully saturated rings. The van der Waals surface area contributed by atoms with Crippen molar-refractivity contribution in [2.75, 3.05) is 20.0 Å².